The van der Waals surface area contributed by atoms with Gasteiger partial charge in [0.2, 0.25) is 5.88 Å². The number of anilines is 3. The molecule has 1 N–H and O–H groups in total. The zero-order chi connectivity index (χ0) is 32.6. The average molecular weight is 636 g/mol. The lowest BCUT2D eigenvalue weighted by Crippen LogP contribution is -2.42. The molecular weight excluding hydrogens is 604 g/mol. The standard InChI is InChI=1S/C33H32ClF2N5O4/c1-16-20(14-38-29-28(16)41(8-9-44-29)31(43)45-32(2,3)4)19-10-17-11-24(37-15-21(17)26(34)27(19)36)39-18-12-22-25(23(35)13-18)30(42)40(7)33(22,5)6/h10-15H,8-9H2,1-7H3,(H,37,39). The van der Waals surface area contributed by atoms with E-state index in [4.69, 9.17) is 21.1 Å². The van der Waals surface area contributed by atoms with Crippen LogP contribution in [0.25, 0.3) is 21.9 Å². The summed E-state index contributed by atoms with van der Waals surface area (Å²) in [5, 5.41) is 3.91. The summed E-state index contributed by atoms with van der Waals surface area (Å²) in [7, 11) is 1.64. The monoisotopic (exact) mass is 635 g/mol. The van der Waals surface area contributed by atoms with Gasteiger partial charge in [0.05, 0.1) is 22.7 Å². The molecule has 12 heteroatoms. The van der Waals surface area contributed by atoms with Crippen molar-refractivity contribution in [2.75, 3.05) is 30.4 Å². The summed E-state index contributed by atoms with van der Waals surface area (Å²) in [6.07, 6.45) is 2.37. The van der Waals surface area contributed by atoms with Gasteiger partial charge in [-0.25, -0.2) is 23.5 Å². The highest BCUT2D eigenvalue weighted by Gasteiger charge is 2.43. The van der Waals surface area contributed by atoms with Crippen molar-refractivity contribution in [3.8, 4) is 17.0 Å². The lowest BCUT2D eigenvalue weighted by atomic mass is 9.93. The molecule has 0 bridgehead atoms. The van der Waals surface area contributed by atoms with Crippen molar-refractivity contribution in [1.29, 1.82) is 0 Å². The number of carbonyl (C=O) groups is 2. The molecule has 0 fully saturated rings. The Morgan fingerprint density at radius 1 is 1.11 bits per heavy atom. The molecule has 6 rings (SSSR count). The Morgan fingerprint density at radius 2 is 1.84 bits per heavy atom. The highest BCUT2D eigenvalue weighted by atomic mass is 35.5. The first-order valence-electron chi connectivity index (χ1n) is 14.4. The van der Waals surface area contributed by atoms with E-state index in [1.54, 1.807) is 52.9 Å². The van der Waals surface area contributed by atoms with Gasteiger partial charge < -0.3 is 19.7 Å². The predicted octanol–water partition coefficient (Wildman–Crippen LogP) is 7.74. The molecule has 0 spiro atoms. The molecule has 2 aliphatic heterocycles. The maximum absolute atomic E-state index is 15.8. The molecule has 2 aliphatic rings. The number of ether oxygens (including phenoxy) is 2. The Balaban J connectivity index is 1.40. The fourth-order valence-electron chi connectivity index (χ4n) is 5.73. The third-order valence-corrected chi connectivity index (χ3v) is 8.65. The van der Waals surface area contributed by atoms with E-state index in [1.807, 2.05) is 13.8 Å². The van der Waals surface area contributed by atoms with Gasteiger partial charge in [0, 0.05) is 41.6 Å². The lowest BCUT2D eigenvalue weighted by Gasteiger charge is -2.32. The maximum Gasteiger partial charge on any atom is 0.415 e. The number of halogens is 3. The van der Waals surface area contributed by atoms with Crippen LogP contribution in [0.1, 0.15) is 56.1 Å². The molecule has 9 nitrogen and oxygen atoms in total. The topological polar surface area (TPSA) is 96.9 Å². The average Bonchev–Trinajstić information content (AvgIpc) is 3.14. The van der Waals surface area contributed by atoms with Gasteiger partial charge in [0.1, 0.15) is 35.3 Å². The second-order valence-corrected chi connectivity index (χ2v) is 13.1. The van der Waals surface area contributed by atoms with Crippen molar-refractivity contribution in [1.82, 2.24) is 14.9 Å². The molecule has 2 aromatic carbocycles. The third-order valence-electron chi connectivity index (χ3n) is 8.28. The van der Waals surface area contributed by atoms with Crippen LogP contribution in [0.5, 0.6) is 5.88 Å². The van der Waals surface area contributed by atoms with Crippen molar-refractivity contribution in [3.05, 3.63) is 70.0 Å². The van der Waals surface area contributed by atoms with Crippen LogP contribution in [0, 0.1) is 18.6 Å². The highest BCUT2D eigenvalue weighted by Crippen LogP contribution is 2.43. The van der Waals surface area contributed by atoms with Gasteiger partial charge in [-0.05, 0) is 82.3 Å². The van der Waals surface area contributed by atoms with Crippen LogP contribution in [-0.2, 0) is 10.3 Å². The Hall–Kier alpha value is -4.51. The minimum absolute atomic E-state index is 0.0519. The Morgan fingerprint density at radius 3 is 2.56 bits per heavy atom. The van der Waals surface area contributed by atoms with E-state index in [0.29, 0.717) is 44.7 Å². The number of rotatable bonds is 3. The summed E-state index contributed by atoms with van der Waals surface area (Å²) in [4.78, 5) is 37.5. The number of hydrogen-bond acceptors (Lipinski definition) is 7. The first-order valence-corrected chi connectivity index (χ1v) is 14.8. The Labute approximate surface area is 264 Å². The molecule has 2 aromatic heterocycles. The Bertz CT molecular complexity index is 1920. The van der Waals surface area contributed by atoms with E-state index in [9.17, 15) is 9.59 Å². The zero-order valence-electron chi connectivity index (χ0n) is 25.9. The summed E-state index contributed by atoms with van der Waals surface area (Å²) in [6, 6.07) is 6.28. The number of pyridine rings is 2. The molecule has 0 aliphatic carbocycles. The van der Waals surface area contributed by atoms with Crippen molar-refractivity contribution < 1.29 is 27.8 Å². The number of nitrogens with zero attached hydrogens (tertiary/aromatic N) is 4. The molecule has 4 aromatic rings. The number of hydrogen-bond donors (Lipinski definition) is 1. The second-order valence-electron chi connectivity index (χ2n) is 12.7. The van der Waals surface area contributed by atoms with Crippen LogP contribution in [0.15, 0.2) is 36.7 Å². The minimum Gasteiger partial charge on any atom is -0.474 e. The number of benzene rings is 2. The maximum atomic E-state index is 15.8. The van der Waals surface area contributed by atoms with Gasteiger partial charge in [0.25, 0.3) is 5.91 Å². The van der Waals surface area contributed by atoms with Crippen molar-refractivity contribution in [3.63, 3.8) is 0 Å². The highest BCUT2D eigenvalue weighted by molar-refractivity contribution is 6.36. The summed E-state index contributed by atoms with van der Waals surface area (Å²) in [6.45, 7) is 11.3. The fraction of sp³-hybridized carbons (Fsp3) is 0.333. The molecular formula is C33H32ClF2N5O4. The summed E-state index contributed by atoms with van der Waals surface area (Å²) in [5.74, 6) is -1.08. The molecule has 234 valence electrons. The molecule has 45 heavy (non-hydrogen) atoms. The predicted molar refractivity (Wildman–Crippen MR) is 169 cm³/mol. The van der Waals surface area contributed by atoms with Gasteiger partial charge in [-0.15, -0.1) is 0 Å². The van der Waals surface area contributed by atoms with Crippen LogP contribution in [0.4, 0.5) is 30.8 Å². The van der Waals surface area contributed by atoms with Gasteiger partial charge in [-0.2, -0.15) is 0 Å². The van der Waals surface area contributed by atoms with E-state index in [1.165, 1.54) is 28.3 Å². The van der Waals surface area contributed by atoms with Gasteiger partial charge >= 0.3 is 6.09 Å². The molecule has 0 saturated heterocycles. The summed E-state index contributed by atoms with van der Waals surface area (Å²) >= 11 is 6.53. The zero-order valence-corrected chi connectivity index (χ0v) is 26.7. The fourth-order valence-corrected chi connectivity index (χ4v) is 5.99. The Kier molecular flexibility index (Phi) is 7.15. The first-order chi connectivity index (χ1) is 21.1. The van der Waals surface area contributed by atoms with Gasteiger partial charge in [0.15, 0.2) is 0 Å². The van der Waals surface area contributed by atoms with Gasteiger partial charge in [-0.3, -0.25) is 9.69 Å². The first kappa shape index (κ1) is 30.5. The molecule has 0 unspecified atom stereocenters. The van der Waals surface area contributed by atoms with E-state index >= 15 is 8.78 Å². The number of carbonyl (C=O) groups excluding carboxylic acids is 2. The van der Waals surface area contributed by atoms with Crippen molar-refractivity contribution in [2.45, 2.75) is 52.7 Å². The van der Waals surface area contributed by atoms with Crippen LogP contribution in [0.2, 0.25) is 5.02 Å². The van der Waals surface area contributed by atoms with Crippen LogP contribution in [-0.4, -0.2) is 52.7 Å². The van der Waals surface area contributed by atoms with E-state index in [2.05, 4.69) is 15.3 Å². The third kappa shape index (κ3) is 5.08. The number of nitrogens with one attached hydrogen (secondary N) is 1. The second kappa shape index (κ2) is 10.5. The number of amides is 2. The van der Waals surface area contributed by atoms with Crippen molar-refractivity contribution in [2.24, 2.45) is 0 Å². The molecule has 0 radical (unpaired) electrons. The SMILES string of the molecule is Cc1c(-c2cc3cc(Nc4cc(F)c5c(c4)C(C)(C)N(C)C5=O)ncc3c(Cl)c2F)cnc2c1N(C(=O)OC(C)(C)C)CCO2. The summed E-state index contributed by atoms with van der Waals surface area (Å²) in [5.41, 5.74) is 1.13. The van der Waals surface area contributed by atoms with Crippen molar-refractivity contribution >= 4 is 51.6 Å². The van der Waals surface area contributed by atoms with Crippen LogP contribution >= 0.6 is 11.6 Å². The molecule has 2 amide bonds. The number of aromatic nitrogens is 2. The molecule has 4 heterocycles. The largest absolute Gasteiger partial charge is 0.474 e. The van der Waals surface area contributed by atoms with Gasteiger partial charge in [-0.1, -0.05) is 11.6 Å². The lowest BCUT2D eigenvalue weighted by molar-refractivity contribution is 0.0565. The molecule has 0 atom stereocenters. The van der Waals surface area contributed by atoms with E-state index in [0.717, 1.165) is 0 Å². The van der Waals surface area contributed by atoms with Crippen LogP contribution < -0.4 is 15.0 Å². The van der Waals surface area contributed by atoms with E-state index < -0.39 is 28.9 Å². The van der Waals surface area contributed by atoms with E-state index in [-0.39, 0.29) is 41.1 Å². The van der Waals surface area contributed by atoms with Crippen LogP contribution in [0.3, 0.4) is 0 Å². The summed E-state index contributed by atoms with van der Waals surface area (Å²) < 4.78 is 42.3. The molecule has 0 saturated carbocycles. The minimum atomic E-state index is -0.720. The normalized spacial score (nSPS) is 15.6. The quantitative estimate of drug-likeness (QED) is 0.246. The smallest absolute Gasteiger partial charge is 0.415 e. The number of fused-ring (bicyclic) bond motifs is 3.